The molecule has 3 atom stereocenters. The fourth-order valence-corrected chi connectivity index (χ4v) is 7.25. The summed E-state index contributed by atoms with van der Waals surface area (Å²) in [7, 11) is -2.64. The number of nitrogens with two attached hydrogens (primary N) is 1. The number of amides is 2. The summed E-state index contributed by atoms with van der Waals surface area (Å²) in [5.74, 6) is -0.866. The van der Waals surface area contributed by atoms with Gasteiger partial charge in [0, 0.05) is 29.7 Å². The van der Waals surface area contributed by atoms with Gasteiger partial charge in [-0.1, -0.05) is 60.7 Å². The number of benzene rings is 3. The van der Waals surface area contributed by atoms with Gasteiger partial charge in [0.05, 0.1) is 18.6 Å². The molecule has 0 spiro atoms. The van der Waals surface area contributed by atoms with E-state index < -0.39 is 40.2 Å². The van der Waals surface area contributed by atoms with Gasteiger partial charge in [0.25, 0.3) is 0 Å². The number of carbonyl (C=O) groups is 2. The lowest BCUT2D eigenvalue weighted by Crippen LogP contribution is -2.52. The molecule has 0 aliphatic rings. The van der Waals surface area contributed by atoms with E-state index in [0.29, 0.717) is 24.9 Å². The van der Waals surface area contributed by atoms with Gasteiger partial charge in [-0.05, 0) is 75.4 Å². The number of aliphatic hydroxyl groups excluding tert-OH is 1. The predicted molar refractivity (Wildman–Crippen MR) is 171 cm³/mol. The lowest BCUT2D eigenvalue weighted by Gasteiger charge is -2.33. The Balaban J connectivity index is 1.74. The van der Waals surface area contributed by atoms with E-state index in [1.807, 2.05) is 67.6 Å². The predicted octanol–water partition coefficient (Wildman–Crippen LogP) is 4.26. The van der Waals surface area contributed by atoms with Crippen molar-refractivity contribution in [3.63, 3.8) is 0 Å². The fourth-order valence-electron chi connectivity index (χ4n) is 5.40. The topological polar surface area (TPSA) is 151 Å². The first-order chi connectivity index (χ1) is 21.0. The molecular weight excluding hydrogens is 580 g/mol. The number of carbonyl (C=O) groups excluding carboxylic acids is 2. The number of alkyl carbamates (subject to hydrolysis) is 1. The van der Waals surface area contributed by atoms with Gasteiger partial charge in [-0.15, -0.1) is 0 Å². The van der Waals surface area contributed by atoms with Gasteiger partial charge in [0.2, 0.25) is 15.9 Å². The van der Waals surface area contributed by atoms with E-state index >= 15 is 0 Å². The van der Waals surface area contributed by atoms with Crippen LogP contribution in [0.25, 0.3) is 0 Å². The van der Waals surface area contributed by atoms with E-state index in [4.69, 9.17) is 10.5 Å². The fraction of sp³-hybridized carbons (Fsp3) is 0.394. The van der Waals surface area contributed by atoms with Crippen molar-refractivity contribution in [1.29, 1.82) is 0 Å². The second kappa shape index (κ2) is 16.2. The van der Waals surface area contributed by atoms with Gasteiger partial charge < -0.3 is 26.2 Å². The molecule has 0 heterocycles. The summed E-state index contributed by atoms with van der Waals surface area (Å²) >= 11 is 0. The van der Waals surface area contributed by atoms with Gasteiger partial charge in [-0.3, -0.25) is 4.79 Å². The number of nitrogens with one attached hydrogen (secondary N) is 2. The molecule has 3 aromatic rings. The van der Waals surface area contributed by atoms with Crippen molar-refractivity contribution >= 4 is 27.7 Å². The number of rotatable bonds is 15. The first kappa shape index (κ1) is 34.6. The first-order valence-corrected chi connectivity index (χ1v) is 16.2. The summed E-state index contributed by atoms with van der Waals surface area (Å²) in [6, 6.07) is 22.6. The second-order valence-corrected chi connectivity index (χ2v) is 12.9. The minimum atomic E-state index is -3.89. The summed E-state index contributed by atoms with van der Waals surface area (Å²) in [5.41, 5.74) is 7.90. The molecule has 2 amide bonds. The second-order valence-electron chi connectivity index (χ2n) is 11.1. The Labute approximate surface area is 260 Å². The van der Waals surface area contributed by atoms with Crippen LogP contribution in [0.3, 0.4) is 0 Å². The highest BCUT2D eigenvalue weighted by Gasteiger charge is 2.35. The van der Waals surface area contributed by atoms with Gasteiger partial charge in [0.1, 0.15) is 6.04 Å². The van der Waals surface area contributed by atoms with Crippen molar-refractivity contribution in [2.75, 3.05) is 19.5 Å². The van der Waals surface area contributed by atoms with Crippen molar-refractivity contribution in [2.24, 2.45) is 0 Å². The molecular formula is C33H44N4O6S. The molecule has 0 saturated heterocycles. The van der Waals surface area contributed by atoms with E-state index in [1.165, 1.54) is 35.7 Å². The van der Waals surface area contributed by atoms with Crippen molar-refractivity contribution in [2.45, 2.75) is 75.0 Å². The first-order valence-electron chi connectivity index (χ1n) is 14.7. The van der Waals surface area contributed by atoms with Crippen LogP contribution >= 0.6 is 0 Å². The highest BCUT2D eigenvalue weighted by molar-refractivity contribution is 7.89. The van der Waals surface area contributed by atoms with Crippen LogP contribution in [-0.4, -0.2) is 67.7 Å². The van der Waals surface area contributed by atoms with Crippen LogP contribution in [0, 0.1) is 0 Å². The Hall–Kier alpha value is -3.93. The van der Waals surface area contributed by atoms with Crippen molar-refractivity contribution in [1.82, 2.24) is 14.9 Å². The van der Waals surface area contributed by atoms with Crippen molar-refractivity contribution in [3.8, 4) is 0 Å². The quantitative estimate of drug-likeness (QED) is 0.185. The molecule has 3 rings (SSSR count). The van der Waals surface area contributed by atoms with Crippen LogP contribution in [0.5, 0.6) is 0 Å². The van der Waals surface area contributed by atoms with Gasteiger partial charge in [-0.25, -0.2) is 13.2 Å². The van der Waals surface area contributed by atoms with Crippen LogP contribution in [0.15, 0.2) is 89.8 Å². The molecule has 5 N–H and O–H groups in total. The molecule has 0 saturated carbocycles. The lowest BCUT2D eigenvalue weighted by atomic mass is 9.84. The van der Waals surface area contributed by atoms with Crippen LogP contribution < -0.4 is 16.4 Å². The zero-order valence-corrected chi connectivity index (χ0v) is 26.5. The Morgan fingerprint density at radius 1 is 0.864 bits per heavy atom. The molecule has 238 valence electrons. The minimum Gasteiger partial charge on any atom is -0.453 e. The Morgan fingerprint density at radius 2 is 1.41 bits per heavy atom. The van der Waals surface area contributed by atoms with E-state index in [-0.39, 0.29) is 23.5 Å². The van der Waals surface area contributed by atoms with Crippen LogP contribution in [0.4, 0.5) is 10.5 Å². The maximum atomic E-state index is 13.7. The van der Waals surface area contributed by atoms with E-state index in [1.54, 1.807) is 13.8 Å². The van der Waals surface area contributed by atoms with Crippen LogP contribution in [0.2, 0.25) is 0 Å². The third kappa shape index (κ3) is 9.04. The third-order valence-electron chi connectivity index (χ3n) is 7.49. The van der Waals surface area contributed by atoms with E-state index in [9.17, 15) is 23.1 Å². The molecule has 44 heavy (non-hydrogen) atoms. The van der Waals surface area contributed by atoms with Gasteiger partial charge in [0.15, 0.2) is 0 Å². The molecule has 0 aliphatic heterocycles. The Kier molecular flexibility index (Phi) is 12.7. The summed E-state index contributed by atoms with van der Waals surface area (Å²) in [6.07, 6.45) is 0.700. The van der Waals surface area contributed by atoms with E-state index in [2.05, 4.69) is 10.6 Å². The number of anilines is 1. The number of sulfonamides is 1. The van der Waals surface area contributed by atoms with Crippen molar-refractivity contribution in [3.05, 3.63) is 96.1 Å². The highest BCUT2D eigenvalue weighted by Crippen LogP contribution is 2.29. The van der Waals surface area contributed by atoms with Crippen molar-refractivity contribution < 1.29 is 27.9 Å². The maximum absolute atomic E-state index is 13.7. The molecule has 0 fully saturated rings. The lowest BCUT2D eigenvalue weighted by molar-refractivity contribution is -0.124. The van der Waals surface area contributed by atoms with E-state index in [0.717, 1.165) is 11.1 Å². The number of methoxy groups -OCH3 is 1. The molecule has 0 aromatic heterocycles. The molecule has 10 nitrogen and oxygen atoms in total. The summed E-state index contributed by atoms with van der Waals surface area (Å²) < 4.78 is 33.2. The smallest absolute Gasteiger partial charge is 0.407 e. The summed E-state index contributed by atoms with van der Waals surface area (Å²) in [5, 5.41) is 16.0. The largest absolute Gasteiger partial charge is 0.453 e. The number of nitrogens with zero attached hydrogens (tertiary/aromatic N) is 1. The monoisotopic (exact) mass is 624 g/mol. The minimum absolute atomic E-state index is 0.106. The number of hydrogen-bond donors (Lipinski definition) is 4. The Morgan fingerprint density at radius 3 is 1.89 bits per heavy atom. The zero-order valence-electron chi connectivity index (χ0n) is 25.7. The molecule has 0 unspecified atom stereocenters. The third-order valence-corrected chi connectivity index (χ3v) is 9.63. The molecule has 11 heteroatoms. The molecule has 3 aromatic carbocycles. The average molecular weight is 625 g/mol. The molecule has 0 aliphatic carbocycles. The number of aliphatic hydroxyl groups is 1. The Bertz CT molecular complexity index is 1400. The van der Waals surface area contributed by atoms with Gasteiger partial charge >= 0.3 is 6.09 Å². The highest BCUT2D eigenvalue weighted by atomic mass is 32.2. The molecule has 0 bridgehead atoms. The summed E-state index contributed by atoms with van der Waals surface area (Å²) in [6.45, 7) is 5.04. The zero-order chi connectivity index (χ0) is 32.3. The van der Waals surface area contributed by atoms with Crippen LogP contribution in [-0.2, 0) is 19.6 Å². The number of ether oxygens (including phenoxy) is 1. The van der Waals surface area contributed by atoms with Gasteiger partial charge in [-0.2, -0.15) is 4.31 Å². The number of hydrogen-bond acceptors (Lipinski definition) is 7. The summed E-state index contributed by atoms with van der Waals surface area (Å²) in [4.78, 5) is 26.2. The normalized spacial score (nSPS) is 13.8. The number of nitrogen functional groups attached to an aromatic ring is 1. The maximum Gasteiger partial charge on any atom is 0.407 e. The SMILES string of the molecule is COC(=O)N[C@H](C(=O)N[C@@H](C)CCC[C@@H](CO)N(C(C)C)S(=O)(=O)c1ccc(N)cc1)C(c1ccccc1)c1ccccc1. The standard InChI is InChI=1S/C33H44N4O6S/c1-23(2)37(44(41,42)29-20-18-27(34)19-21-29)28(22-38)17-11-12-24(3)35-32(39)31(36-33(40)43-4)30(25-13-7-5-8-14-25)26-15-9-6-10-16-26/h5-10,13-16,18-21,23-24,28,30-31,38H,11-12,17,22,34H2,1-4H3,(H,35,39)(H,36,40)/t24-,28-,31-/m0/s1. The van der Waals surface area contributed by atoms with Crippen LogP contribution in [0.1, 0.15) is 57.1 Å². The molecule has 0 radical (unpaired) electrons. The average Bonchev–Trinajstić information content (AvgIpc) is 3.01.